The Balaban J connectivity index is 1.25. The van der Waals surface area contributed by atoms with Gasteiger partial charge in [-0.3, -0.25) is 19.2 Å². The van der Waals surface area contributed by atoms with Crippen molar-refractivity contribution in [1.29, 1.82) is 0 Å². The van der Waals surface area contributed by atoms with Crippen molar-refractivity contribution in [1.82, 2.24) is 25.8 Å². The summed E-state index contributed by atoms with van der Waals surface area (Å²) in [6.07, 6.45) is 2.89. The van der Waals surface area contributed by atoms with Crippen molar-refractivity contribution >= 4 is 34.5 Å². The second-order valence-corrected chi connectivity index (χ2v) is 13.2. The predicted molar refractivity (Wildman–Crippen MR) is 154 cm³/mol. The third-order valence-electron chi connectivity index (χ3n) is 9.55. The Morgan fingerprint density at radius 1 is 1.14 bits per heavy atom. The van der Waals surface area contributed by atoms with Crippen LogP contribution in [-0.2, 0) is 14.4 Å². The third kappa shape index (κ3) is 5.46. The molecule has 4 aliphatic rings. The number of benzene rings is 1. The van der Waals surface area contributed by atoms with Gasteiger partial charge in [0.25, 0.3) is 5.91 Å². The smallest absolute Gasteiger partial charge is 0.271 e. The van der Waals surface area contributed by atoms with Crippen LogP contribution in [0, 0.1) is 23.7 Å². The molecule has 0 bridgehead atoms. The maximum absolute atomic E-state index is 14.0. The fourth-order valence-electron chi connectivity index (χ4n) is 7.30. The van der Waals surface area contributed by atoms with Gasteiger partial charge in [-0.05, 0) is 76.5 Å². The number of fused-ring (bicyclic) bond motifs is 2. The van der Waals surface area contributed by atoms with Gasteiger partial charge >= 0.3 is 0 Å². The van der Waals surface area contributed by atoms with Crippen LogP contribution in [0.25, 0.3) is 10.9 Å². The zero-order valence-electron chi connectivity index (χ0n) is 24.4. The average Bonchev–Trinajstić information content (AvgIpc) is 3.26. The number of hydrogen-bond donors (Lipinski definition) is 5. The summed E-state index contributed by atoms with van der Waals surface area (Å²) in [5.74, 6) is -2.19. The topological polar surface area (TPSA) is 153 Å². The monoisotopic (exact) mass is 579 g/mol. The normalized spacial score (nSPS) is 27.8. The molecule has 226 valence electrons. The number of methoxy groups -OCH3 is 1. The average molecular weight is 580 g/mol. The number of rotatable bonds is 9. The summed E-state index contributed by atoms with van der Waals surface area (Å²) in [6, 6.07) is 7.36. The Morgan fingerprint density at radius 3 is 2.62 bits per heavy atom. The van der Waals surface area contributed by atoms with Crippen LogP contribution in [0.5, 0.6) is 5.75 Å². The minimum Gasteiger partial charge on any atom is -0.496 e. The number of hydrogen-bond acceptors (Lipinski definition) is 6. The zero-order chi connectivity index (χ0) is 29.8. The Hall–Kier alpha value is -3.60. The van der Waals surface area contributed by atoms with Crippen LogP contribution in [0.15, 0.2) is 24.3 Å². The predicted octanol–water partition coefficient (Wildman–Crippen LogP) is 2.05. The highest BCUT2D eigenvalue weighted by molar-refractivity contribution is 6.00. The molecule has 1 aromatic heterocycles. The molecule has 0 spiro atoms. The number of carbonyl (C=O) groups is 4. The number of H-pyrrole nitrogens is 1. The molecule has 5 N–H and O–H groups in total. The maximum atomic E-state index is 14.0. The highest BCUT2D eigenvalue weighted by Gasteiger charge is 2.49. The lowest BCUT2D eigenvalue weighted by Crippen LogP contribution is -2.54. The SMILES string of the molecule is COc1cccc2[nH]c(C(=O)N3C[C@@H]4CCC[C@@H]4[C@H]3NC(=O)[C@@H](C[C@H]3CC(C)(C)NC3=O)C(O)C(=O)NC3CC3)cc12. The first-order valence-electron chi connectivity index (χ1n) is 15.1. The Morgan fingerprint density at radius 2 is 1.93 bits per heavy atom. The van der Waals surface area contributed by atoms with E-state index in [0.29, 0.717) is 24.4 Å². The third-order valence-corrected chi connectivity index (χ3v) is 9.55. The number of nitrogens with zero attached hydrogens (tertiary/aromatic N) is 1. The molecule has 1 aromatic carbocycles. The van der Waals surface area contributed by atoms with E-state index >= 15 is 0 Å². The van der Waals surface area contributed by atoms with Crippen molar-refractivity contribution in [2.75, 3.05) is 13.7 Å². The lowest BCUT2D eigenvalue weighted by molar-refractivity contribution is -0.142. The van der Waals surface area contributed by atoms with Crippen molar-refractivity contribution in [2.45, 2.75) is 82.6 Å². The number of amides is 4. The number of aliphatic hydroxyl groups excluding tert-OH is 1. The number of ether oxygens (including phenoxy) is 1. The van der Waals surface area contributed by atoms with E-state index in [1.165, 1.54) is 0 Å². The Kier molecular flexibility index (Phi) is 7.41. The highest BCUT2D eigenvalue weighted by atomic mass is 16.5. The lowest BCUT2D eigenvalue weighted by Gasteiger charge is -2.31. The first kappa shape index (κ1) is 28.5. The van der Waals surface area contributed by atoms with Gasteiger partial charge in [0.05, 0.1) is 13.0 Å². The van der Waals surface area contributed by atoms with Crippen molar-refractivity contribution < 1.29 is 29.0 Å². The van der Waals surface area contributed by atoms with Gasteiger partial charge in [-0.1, -0.05) is 12.5 Å². The second-order valence-electron chi connectivity index (χ2n) is 13.2. The summed E-state index contributed by atoms with van der Waals surface area (Å²) in [4.78, 5) is 58.5. The summed E-state index contributed by atoms with van der Waals surface area (Å²) in [5, 5.41) is 20.8. The van der Waals surface area contributed by atoms with Gasteiger partial charge in [-0.25, -0.2) is 0 Å². The van der Waals surface area contributed by atoms with Gasteiger partial charge < -0.3 is 35.7 Å². The number of nitrogens with one attached hydrogen (secondary N) is 4. The summed E-state index contributed by atoms with van der Waals surface area (Å²) < 4.78 is 5.46. The molecule has 11 heteroatoms. The lowest BCUT2D eigenvalue weighted by atomic mass is 9.85. The minimum atomic E-state index is -1.60. The van der Waals surface area contributed by atoms with Gasteiger partial charge in [0.2, 0.25) is 17.7 Å². The van der Waals surface area contributed by atoms with Crippen LogP contribution >= 0.6 is 0 Å². The molecule has 2 saturated carbocycles. The molecule has 4 fully saturated rings. The van der Waals surface area contributed by atoms with Crippen LogP contribution in [0.4, 0.5) is 0 Å². The summed E-state index contributed by atoms with van der Waals surface area (Å²) in [6.45, 7) is 4.34. The second kappa shape index (κ2) is 10.9. The molecule has 42 heavy (non-hydrogen) atoms. The molecule has 11 nitrogen and oxygen atoms in total. The van der Waals surface area contributed by atoms with Gasteiger partial charge in [0.15, 0.2) is 0 Å². The van der Waals surface area contributed by atoms with Gasteiger partial charge in [0, 0.05) is 40.9 Å². The molecule has 2 aliphatic heterocycles. The van der Waals surface area contributed by atoms with E-state index in [1.54, 1.807) is 18.1 Å². The van der Waals surface area contributed by atoms with Crippen LogP contribution in [0.1, 0.15) is 69.3 Å². The van der Waals surface area contributed by atoms with Gasteiger partial charge in [-0.2, -0.15) is 0 Å². The number of carbonyl (C=O) groups excluding carboxylic acids is 4. The summed E-state index contributed by atoms with van der Waals surface area (Å²) >= 11 is 0. The molecule has 2 saturated heterocycles. The van der Waals surface area contributed by atoms with Crippen LogP contribution in [0.3, 0.4) is 0 Å². The van der Waals surface area contributed by atoms with Gasteiger partial charge in [0.1, 0.15) is 23.7 Å². The molecular formula is C31H41N5O6. The van der Waals surface area contributed by atoms with Crippen molar-refractivity contribution in [3.63, 3.8) is 0 Å². The molecule has 1 unspecified atom stereocenters. The quantitative estimate of drug-likeness (QED) is 0.307. The molecule has 0 radical (unpaired) electrons. The zero-order valence-corrected chi connectivity index (χ0v) is 24.4. The molecular weight excluding hydrogens is 538 g/mol. The first-order chi connectivity index (χ1) is 20.0. The Bertz CT molecular complexity index is 1400. The minimum absolute atomic E-state index is 0.0155. The van der Waals surface area contributed by atoms with Crippen molar-refractivity contribution in [3.8, 4) is 5.75 Å². The van der Waals surface area contributed by atoms with Crippen molar-refractivity contribution in [3.05, 3.63) is 30.0 Å². The summed E-state index contributed by atoms with van der Waals surface area (Å²) in [7, 11) is 1.59. The van der Waals surface area contributed by atoms with Crippen LogP contribution in [0.2, 0.25) is 0 Å². The molecule has 6 rings (SSSR count). The highest BCUT2D eigenvalue weighted by Crippen LogP contribution is 2.42. The van der Waals surface area contributed by atoms with Crippen LogP contribution in [-0.4, -0.2) is 76.1 Å². The van der Waals surface area contributed by atoms with Crippen LogP contribution < -0.4 is 20.7 Å². The molecule has 4 amide bonds. The van der Waals surface area contributed by atoms with E-state index in [0.717, 1.165) is 43.0 Å². The van der Waals surface area contributed by atoms with E-state index in [2.05, 4.69) is 20.9 Å². The van der Waals surface area contributed by atoms with Crippen molar-refractivity contribution in [2.24, 2.45) is 23.7 Å². The molecule has 3 heterocycles. The summed E-state index contributed by atoms with van der Waals surface area (Å²) in [5.41, 5.74) is 0.747. The molecule has 6 atom stereocenters. The maximum Gasteiger partial charge on any atom is 0.271 e. The molecule has 2 aliphatic carbocycles. The van der Waals surface area contributed by atoms with Gasteiger partial charge in [-0.15, -0.1) is 0 Å². The number of likely N-dealkylation sites (tertiary alicyclic amines) is 1. The van der Waals surface area contributed by atoms with E-state index in [4.69, 9.17) is 4.74 Å². The van der Waals surface area contributed by atoms with E-state index < -0.39 is 41.5 Å². The van der Waals surface area contributed by atoms with E-state index in [9.17, 15) is 24.3 Å². The molecule has 2 aromatic rings. The largest absolute Gasteiger partial charge is 0.496 e. The van der Waals surface area contributed by atoms with E-state index in [1.807, 2.05) is 32.0 Å². The number of aliphatic hydroxyl groups is 1. The number of aromatic nitrogens is 1. The fraction of sp³-hybridized carbons (Fsp3) is 0.613. The standard InChI is InChI=1S/C31H41N5O6/c1-31(2)14-17(27(38)35-31)12-21(25(37)29(40)32-18-10-11-18)28(39)34-26-19-7-4-6-16(19)15-36(26)30(41)23-13-20-22(33-23)8-5-9-24(20)42-3/h5,8-9,13,16-19,21,25-26,33,37H,4,6-7,10-12,14-15H2,1-3H3,(H,32,40)(H,34,39)(H,35,38)/t16-,17-,19-,21-,25?,26-/m0/s1. The fourth-order valence-corrected chi connectivity index (χ4v) is 7.30. The number of aromatic amines is 1. The Labute approximate surface area is 245 Å². The van der Waals surface area contributed by atoms with E-state index in [-0.39, 0.29) is 36.1 Å². The first-order valence-corrected chi connectivity index (χ1v) is 15.1.